The molecule has 26 heavy (non-hydrogen) atoms. The SMILES string of the molecule is CC(OC(=O)c1ccc([N+](=O)[O-])cc1Cl)C(=O)N1CCc2ccccc21. The molecule has 0 aliphatic carbocycles. The van der Waals surface area contributed by atoms with Crippen LogP contribution in [0, 0.1) is 10.1 Å². The van der Waals surface area contributed by atoms with Crippen molar-refractivity contribution in [3.05, 3.63) is 68.7 Å². The van der Waals surface area contributed by atoms with Gasteiger partial charge in [-0.05, 0) is 31.0 Å². The van der Waals surface area contributed by atoms with Gasteiger partial charge in [0.1, 0.15) is 0 Å². The Morgan fingerprint density at radius 1 is 1.27 bits per heavy atom. The maximum atomic E-state index is 12.6. The van der Waals surface area contributed by atoms with E-state index in [9.17, 15) is 19.7 Å². The molecule has 0 N–H and O–H groups in total. The van der Waals surface area contributed by atoms with E-state index in [2.05, 4.69) is 0 Å². The maximum absolute atomic E-state index is 12.6. The molecule has 7 nitrogen and oxygen atoms in total. The van der Waals surface area contributed by atoms with Crippen LogP contribution in [0.4, 0.5) is 11.4 Å². The lowest BCUT2D eigenvalue weighted by Crippen LogP contribution is -2.39. The van der Waals surface area contributed by atoms with Crippen molar-refractivity contribution >= 4 is 34.9 Å². The van der Waals surface area contributed by atoms with Gasteiger partial charge in [0.2, 0.25) is 0 Å². The van der Waals surface area contributed by atoms with E-state index in [0.29, 0.717) is 6.54 Å². The lowest BCUT2D eigenvalue weighted by molar-refractivity contribution is -0.384. The van der Waals surface area contributed by atoms with E-state index in [0.717, 1.165) is 29.8 Å². The number of esters is 1. The standard InChI is InChI=1S/C18H15ClN2O5/c1-11(17(22)20-9-8-12-4-2-3-5-16(12)20)26-18(23)14-7-6-13(21(24)25)10-15(14)19/h2-7,10-11H,8-9H2,1H3. The summed E-state index contributed by atoms with van der Waals surface area (Å²) in [5.41, 5.74) is 1.62. The van der Waals surface area contributed by atoms with Crippen LogP contribution in [0.5, 0.6) is 0 Å². The number of carbonyl (C=O) groups excluding carboxylic acids is 2. The predicted molar refractivity (Wildman–Crippen MR) is 95.5 cm³/mol. The van der Waals surface area contributed by atoms with Crippen molar-refractivity contribution in [1.29, 1.82) is 0 Å². The summed E-state index contributed by atoms with van der Waals surface area (Å²) in [6.07, 6.45) is -0.267. The first kappa shape index (κ1) is 17.9. The van der Waals surface area contributed by atoms with Gasteiger partial charge in [0.15, 0.2) is 6.10 Å². The Morgan fingerprint density at radius 3 is 2.69 bits per heavy atom. The van der Waals surface area contributed by atoms with E-state index in [4.69, 9.17) is 16.3 Å². The number of hydrogen-bond donors (Lipinski definition) is 0. The molecule has 1 heterocycles. The Hall–Kier alpha value is -2.93. The molecule has 0 radical (unpaired) electrons. The molecule has 0 saturated heterocycles. The zero-order valence-electron chi connectivity index (χ0n) is 13.8. The molecule has 1 aliphatic rings. The lowest BCUT2D eigenvalue weighted by Gasteiger charge is -2.21. The molecule has 0 saturated carbocycles. The average molecular weight is 375 g/mol. The number of benzene rings is 2. The summed E-state index contributed by atoms with van der Waals surface area (Å²) in [7, 11) is 0. The number of para-hydroxylation sites is 1. The summed E-state index contributed by atoms with van der Waals surface area (Å²) >= 11 is 5.92. The molecular weight excluding hydrogens is 360 g/mol. The van der Waals surface area contributed by atoms with Crippen molar-refractivity contribution in [2.75, 3.05) is 11.4 Å². The van der Waals surface area contributed by atoms with Gasteiger partial charge in [-0.3, -0.25) is 14.9 Å². The van der Waals surface area contributed by atoms with E-state index in [1.165, 1.54) is 13.0 Å². The second-order valence-corrected chi connectivity index (χ2v) is 6.24. The number of nitrogens with zero attached hydrogens (tertiary/aromatic N) is 2. The number of nitro groups is 1. The van der Waals surface area contributed by atoms with Crippen LogP contribution in [-0.2, 0) is 16.0 Å². The fourth-order valence-corrected chi connectivity index (χ4v) is 3.10. The Balaban J connectivity index is 1.72. The van der Waals surface area contributed by atoms with Gasteiger partial charge in [-0.1, -0.05) is 29.8 Å². The maximum Gasteiger partial charge on any atom is 0.340 e. The minimum atomic E-state index is -1.01. The lowest BCUT2D eigenvalue weighted by atomic mass is 10.2. The molecule has 0 fully saturated rings. The van der Waals surface area contributed by atoms with Gasteiger partial charge in [-0.2, -0.15) is 0 Å². The van der Waals surface area contributed by atoms with Gasteiger partial charge in [0.05, 0.1) is 15.5 Å². The highest BCUT2D eigenvalue weighted by Gasteiger charge is 2.30. The van der Waals surface area contributed by atoms with Crippen molar-refractivity contribution in [2.45, 2.75) is 19.4 Å². The van der Waals surface area contributed by atoms with Crippen LogP contribution < -0.4 is 4.90 Å². The number of anilines is 1. The molecule has 1 atom stereocenters. The number of nitro benzene ring substituents is 1. The molecule has 1 aliphatic heterocycles. The summed E-state index contributed by atoms with van der Waals surface area (Å²) in [5, 5.41) is 10.6. The fourth-order valence-electron chi connectivity index (χ4n) is 2.84. The summed E-state index contributed by atoms with van der Waals surface area (Å²) in [5.74, 6) is -1.14. The van der Waals surface area contributed by atoms with Crippen molar-refractivity contribution < 1.29 is 19.2 Å². The second-order valence-electron chi connectivity index (χ2n) is 5.84. The van der Waals surface area contributed by atoms with E-state index in [1.807, 2.05) is 24.3 Å². The smallest absolute Gasteiger partial charge is 0.340 e. The van der Waals surface area contributed by atoms with E-state index >= 15 is 0 Å². The highest BCUT2D eigenvalue weighted by atomic mass is 35.5. The third-order valence-electron chi connectivity index (χ3n) is 4.17. The second kappa shape index (κ2) is 7.13. The van der Waals surface area contributed by atoms with Crippen molar-refractivity contribution in [1.82, 2.24) is 0 Å². The van der Waals surface area contributed by atoms with Crippen molar-refractivity contribution in [2.24, 2.45) is 0 Å². The molecule has 8 heteroatoms. The van der Waals surface area contributed by atoms with Gasteiger partial charge in [-0.15, -0.1) is 0 Å². The average Bonchev–Trinajstić information content (AvgIpc) is 3.04. The number of halogens is 1. The predicted octanol–water partition coefficient (Wildman–Crippen LogP) is 3.38. The van der Waals surface area contributed by atoms with E-state index in [-0.39, 0.29) is 22.2 Å². The van der Waals surface area contributed by atoms with Crippen LogP contribution in [0.3, 0.4) is 0 Å². The number of ether oxygens (including phenoxy) is 1. The highest BCUT2D eigenvalue weighted by molar-refractivity contribution is 6.33. The van der Waals surface area contributed by atoms with E-state index in [1.54, 1.807) is 4.90 Å². The van der Waals surface area contributed by atoms with Crippen LogP contribution in [0.2, 0.25) is 5.02 Å². The highest BCUT2D eigenvalue weighted by Crippen LogP contribution is 2.29. The normalized spacial score (nSPS) is 13.8. The molecule has 0 aromatic heterocycles. The number of carbonyl (C=O) groups is 2. The summed E-state index contributed by atoms with van der Waals surface area (Å²) in [6.45, 7) is 2.01. The minimum Gasteiger partial charge on any atom is -0.449 e. The van der Waals surface area contributed by atoms with Gasteiger partial charge >= 0.3 is 5.97 Å². The molecule has 2 aromatic rings. The molecule has 1 amide bonds. The Labute approximate surface area is 154 Å². The van der Waals surface area contributed by atoms with Crippen LogP contribution in [0.1, 0.15) is 22.8 Å². The van der Waals surface area contributed by atoms with Crippen molar-refractivity contribution in [3.63, 3.8) is 0 Å². The first-order valence-corrected chi connectivity index (χ1v) is 8.30. The van der Waals surface area contributed by atoms with Crippen LogP contribution in [0.25, 0.3) is 0 Å². The fraction of sp³-hybridized carbons (Fsp3) is 0.222. The largest absolute Gasteiger partial charge is 0.449 e. The van der Waals surface area contributed by atoms with Gasteiger partial charge in [0, 0.05) is 24.4 Å². The van der Waals surface area contributed by atoms with Crippen molar-refractivity contribution in [3.8, 4) is 0 Å². The molecule has 3 rings (SSSR count). The Morgan fingerprint density at radius 2 is 2.00 bits per heavy atom. The molecule has 1 unspecified atom stereocenters. The molecular formula is C18H15ClN2O5. The number of rotatable bonds is 4. The molecule has 0 spiro atoms. The number of amides is 1. The minimum absolute atomic E-state index is 0.0289. The zero-order chi connectivity index (χ0) is 18.8. The summed E-state index contributed by atoms with van der Waals surface area (Å²) in [6, 6.07) is 11.0. The Kier molecular flexibility index (Phi) is 4.90. The van der Waals surface area contributed by atoms with Crippen LogP contribution in [-0.4, -0.2) is 29.4 Å². The first-order chi connectivity index (χ1) is 12.4. The molecule has 2 aromatic carbocycles. The number of hydrogen-bond acceptors (Lipinski definition) is 5. The van der Waals surface area contributed by atoms with Crippen LogP contribution >= 0.6 is 11.6 Å². The van der Waals surface area contributed by atoms with E-state index < -0.39 is 17.0 Å². The third-order valence-corrected chi connectivity index (χ3v) is 4.48. The van der Waals surface area contributed by atoms with Gasteiger partial charge in [0.25, 0.3) is 11.6 Å². The number of non-ortho nitro benzene ring substituents is 1. The molecule has 134 valence electrons. The monoisotopic (exact) mass is 374 g/mol. The first-order valence-electron chi connectivity index (χ1n) is 7.92. The molecule has 0 bridgehead atoms. The number of fused-ring (bicyclic) bond motifs is 1. The summed E-state index contributed by atoms with van der Waals surface area (Å²) in [4.78, 5) is 36.6. The third kappa shape index (κ3) is 3.39. The zero-order valence-corrected chi connectivity index (χ0v) is 14.6. The van der Waals surface area contributed by atoms with Gasteiger partial charge < -0.3 is 9.64 Å². The topological polar surface area (TPSA) is 89.7 Å². The van der Waals surface area contributed by atoms with Gasteiger partial charge in [-0.25, -0.2) is 4.79 Å². The van der Waals surface area contributed by atoms with Crippen LogP contribution in [0.15, 0.2) is 42.5 Å². The quantitative estimate of drug-likeness (QED) is 0.465. The Bertz CT molecular complexity index is 899. The summed E-state index contributed by atoms with van der Waals surface area (Å²) < 4.78 is 5.22.